The van der Waals surface area contributed by atoms with Crippen molar-refractivity contribution < 1.29 is 5.11 Å². The van der Waals surface area contributed by atoms with E-state index in [9.17, 15) is 5.11 Å². The number of thioether (sulfide) groups is 1. The lowest BCUT2D eigenvalue weighted by atomic mass is 9.94. The van der Waals surface area contributed by atoms with Crippen molar-refractivity contribution in [2.75, 3.05) is 11.5 Å². The minimum absolute atomic E-state index is 0.300. The Balaban J connectivity index is 1.94. The molecule has 1 aromatic heterocycles. The Morgan fingerprint density at radius 3 is 2.74 bits per heavy atom. The van der Waals surface area contributed by atoms with E-state index < -0.39 is 0 Å². The summed E-state index contributed by atoms with van der Waals surface area (Å²) in [7, 11) is 1.91. The van der Waals surface area contributed by atoms with E-state index in [4.69, 9.17) is 11.6 Å². The molecule has 3 nitrogen and oxygen atoms in total. The smallest absolute Gasteiger partial charge is 0.0850 e. The van der Waals surface area contributed by atoms with Crippen LogP contribution in [-0.4, -0.2) is 32.5 Å². The van der Waals surface area contributed by atoms with Crippen LogP contribution < -0.4 is 0 Å². The standard InChI is InChI=1S/C14H23ClN2OS/c1-3-12-14(15)13(17(2)16-12)9-11(18)8-10-4-6-19-7-5-10/h10-11,18H,3-9H2,1-2H3. The number of halogens is 1. The largest absolute Gasteiger partial charge is 0.393 e. The number of aliphatic hydroxyl groups is 1. The molecule has 1 atom stereocenters. The predicted octanol–water partition coefficient (Wildman–Crippen LogP) is 3.07. The van der Waals surface area contributed by atoms with Crippen molar-refractivity contribution in [3.8, 4) is 0 Å². The SMILES string of the molecule is CCc1nn(C)c(CC(O)CC2CCSCC2)c1Cl. The molecule has 5 heteroatoms. The van der Waals surface area contributed by atoms with Gasteiger partial charge in [-0.15, -0.1) is 0 Å². The molecule has 0 spiro atoms. The van der Waals surface area contributed by atoms with Gasteiger partial charge in [0.25, 0.3) is 0 Å². The van der Waals surface area contributed by atoms with E-state index in [0.29, 0.717) is 12.3 Å². The molecule has 0 saturated carbocycles. The van der Waals surface area contributed by atoms with Crippen molar-refractivity contribution >= 4 is 23.4 Å². The highest BCUT2D eigenvalue weighted by molar-refractivity contribution is 7.99. The number of aliphatic hydroxyl groups excluding tert-OH is 1. The van der Waals surface area contributed by atoms with Crippen LogP contribution >= 0.6 is 23.4 Å². The van der Waals surface area contributed by atoms with Gasteiger partial charge in [-0.2, -0.15) is 16.9 Å². The Morgan fingerprint density at radius 1 is 1.47 bits per heavy atom. The lowest BCUT2D eigenvalue weighted by molar-refractivity contribution is 0.137. The molecular weight excluding hydrogens is 280 g/mol. The van der Waals surface area contributed by atoms with Gasteiger partial charge in [0.2, 0.25) is 0 Å². The summed E-state index contributed by atoms with van der Waals surface area (Å²) in [5.74, 6) is 3.15. The van der Waals surface area contributed by atoms with Crippen LogP contribution in [0.25, 0.3) is 0 Å². The van der Waals surface area contributed by atoms with Gasteiger partial charge in [0.15, 0.2) is 0 Å². The Morgan fingerprint density at radius 2 is 2.16 bits per heavy atom. The summed E-state index contributed by atoms with van der Waals surface area (Å²) in [5, 5.41) is 15.4. The Labute approximate surface area is 124 Å². The van der Waals surface area contributed by atoms with Crippen LogP contribution in [0.1, 0.15) is 37.6 Å². The highest BCUT2D eigenvalue weighted by Gasteiger charge is 2.21. The quantitative estimate of drug-likeness (QED) is 0.908. The molecule has 1 aliphatic heterocycles. The van der Waals surface area contributed by atoms with Crippen molar-refractivity contribution in [3.05, 3.63) is 16.4 Å². The fourth-order valence-electron chi connectivity index (χ4n) is 2.71. The van der Waals surface area contributed by atoms with E-state index in [-0.39, 0.29) is 6.10 Å². The molecule has 2 rings (SSSR count). The molecule has 1 unspecified atom stereocenters. The molecule has 0 aliphatic carbocycles. The second kappa shape index (κ2) is 7.00. The molecule has 1 aromatic rings. The molecule has 1 N–H and O–H groups in total. The average molecular weight is 303 g/mol. The first-order valence-corrected chi connectivity index (χ1v) is 8.61. The van der Waals surface area contributed by atoms with Gasteiger partial charge >= 0.3 is 0 Å². The minimum atomic E-state index is -0.300. The van der Waals surface area contributed by atoms with E-state index in [2.05, 4.69) is 5.10 Å². The fourth-order valence-corrected chi connectivity index (χ4v) is 4.29. The highest BCUT2D eigenvalue weighted by Crippen LogP contribution is 2.28. The summed E-state index contributed by atoms with van der Waals surface area (Å²) < 4.78 is 1.82. The van der Waals surface area contributed by atoms with Gasteiger partial charge in [-0.25, -0.2) is 0 Å². The zero-order valence-corrected chi connectivity index (χ0v) is 13.3. The Hall–Kier alpha value is -0.190. The summed E-state index contributed by atoms with van der Waals surface area (Å²) in [6.45, 7) is 2.05. The third kappa shape index (κ3) is 3.89. The van der Waals surface area contributed by atoms with Gasteiger partial charge < -0.3 is 5.11 Å². The van der Waals surface area contributed by atoms with Crippen molar-refractivity contribution in [1.29, 1.82) is 0 Å². The van der Waals surface area contributed by atoms with Gasteiger partial charge in [-0.05, 0) is 43.1 Å². The highest BCUT2D eigenvalue weighted by atomic mass is 35.5. The van der Waals surface area contributed by atoms with E-state index >= 15 is 0 Å². The molecule has 0 bridgehead atoms. The summed E-state index contributed by atoms with van der Waals surface area (Å²) in [6, 6.07) is 0. The maximum Gasteiger partial charge on any atom is 0.0850 e. The van der Waals surface area contributed by atoms with Crippen molar-refractivity contribution in [2.24, 2.45) is 13.0 Å². The molecule has 19 heavy (non-hydrogen) atoms. The Bertz CT molecular complexity index is 416. The van der Waals surface area contributed by atoms with Crippen molar-refractivity contribution in [2.45, 2.75) is 45.1 Å². The maximum atomic E-state index is 10.3. The number of hydrogen-bond donors (Lipinski definition) is 1. The lowest BCUT2D eigenvalue weighted by Gasteiger charge is -2.23. The maximum absolute atomic E-state index is 10.3. The predicted molar refractivity (Wildman–Crippen MR) is 82.0 cm³/mol. The number of aryl methyl sites for hydroxylation is 2. The van der Waals surface area contributed by atoms with Gasteiger partial charge in [-0.3, -0.25) is 4.68 Å². The van der Waals surface area contributed by atoms with Crippen LogP contribution in [0.5, 0.6) is 0 Å². The topological polar surface area (TPSA) is 38.0 Å². The summed E-state index contributed by atoms with van der Waals surface area (Å²) in [5.41, 5.74) is 1.90. The van der Waals surface area contributed by atoms with Crippen LogP contribution in [0.15, 0.2) is 0 Å². The van der Waals surface area contributed by atoms with E-state index in [1.165, 1.54) is 24.3 Å². The minimum Gasteiger partial charge on any atom is -0.393 e. The van der Waals surface area contributed by atoms with E-state index in [1.807, 2.05) is 30.4 Å². The number of nitrogens with zero attached hydrogens (tertiary/aromatic N) is 2. The van der Waals surface area contributed by atoms with Crippen molar-refractivity contribution in [1.82, 2.24) is 9.78 Å². The first-order chi connectivity index (χ1) is 9.11. The number of hydrogen-bond acceptors (Lipinski definition) is 3. The van der Waals surface area contributed by atoms with Crippen LogP contribution in [0.3, 0.4) is 0 Å². The molecule has 108 valence electrons. The Kier molecular flexibility index (Phi) is 5.60. The summed E-state index contributed by atoms with van der Waals surface area (Å²) in [4.78, 5) is 0. The molecule has 1 fully saturated rings. The third-order valence-electron chi connectivity index (χ3n) is 3.88. The van der Waals surface area contributed by atoms with Crippen LogP contribution in [-0.2, 0) is 19.9 Å². The van der Waals surface area contributed by atoms with Crippen LogP contribution in [0, 0.1) is 5.92 Å². The van der Waals surface area contributed by atoms with E-state index in [0.717, 1.165) is 29.3 Å². The normalized spacial score (nSPS) is 18.7. The lowest BCUT2D eigenvalue weighted by Crippen LogP contribution is -2.20. The molecule has 2 heterocycles. The summed E-state index contributed by atoms with van der Waals surface area (Å²) in [6.07, 6.45) is 4.52. The number of rotatable bonds is 5. The monoisotopic (exact) mass is 302 g/mol. The second-order valence-electron chi connectivity index (χ2n) is 5.33. The van der Waals surface area contributed by atoms with E-state index in [1.54, 1.807) is 0 Å². The van der Waals surface area contributed by atoms with Crippen LogP contribution in [0.4, 0.5) is 0 Å². The third-order valence-corrected chi connectivity index (χ3v) is 5.36. The van der Waals surface area contributed by atoms with Crippen LogP contribution in [0.2, 0.25) is 5.02 Å². The van der Waals surface area contributed by atoms with Crippen molar-refractivity contribution in [3.63, 3.8) is 0 Å². The summed E-state index contributed by atoms with van der Waals surface area (Å²) >= 11 is 8.34. The number of aromatic nitrogens is 2. The molecule has 0 amide bonds. The molecule has 0 aromatic carbocycles. The molecule has 0 radical (unpaired) electrons. The first-order valence-electron chi connectivity index (χ1n) is 7.07. The van der Waals surface area contributed by atoms with Gasteiger partial charge in [0.1, 0.15) is 0 Å². The van der Waals surface area contributed by atoms with Gasteiger partial charge in [-0.1, -0.05) is 18.5 Å². The molecule has 1 saturated heterocycles. The average Bonchev–Trinajstić information content (AvgIpc) is 2.67. The molecular formula is C14H23ClN2OS. The zero-order valence-electron chi connectivity index (χ0n) is 11.7. The fraction of sp³-hybridized carbons (Fsp3) is 0.786. The van der Waals surface area contributed by atoms with Gasteiger partial charge in [0.05, 0.1) is 22.5 Å². The second-order valence-corrected chi connectivity index (χ2v) is 6.94. The van der Waals surface area contributed by atoms with Gasteiger partial charge in [0, 0.05) is 13.5 Å². The molecule has 1 aliphatic rings. The zero-order chi connectivity index (χ0) is 13.8. The first kappa shape index (κ1) is 15.2.